The van der Waals surface area contributed by atoms with Gasteiger partial charge < -0.3 is 19.4 Å². The molecule has 5 nitrogen and oxygen atoms in total. The zero-order chi connectivity index (χ0) is 16.0. The first-order chi connectivity index (χ1) is 11.2. The summed E-state index contributed by atoms with van der Waals surface area (Å²) in [5, 5.41) is 0.852. The number of hydrogen-bond acceptors (Lipinski definition) is 4. The lowest BCUT2D eigenvalue weighted by Gasteiger charge is -2.35. The molecular weight excluding hydrogens is 292 g/mol. The summed E-state index contributed by atoms with van der Waals surface area (Å²) in [5.41, 5.74) is 1.43. The van der Waals surface area contributed by atoms with Gasteiger partial charge in [-0.3, -0.25) is 0 Å². The molecule has 4 rings (SSSR count). The van der Waals surface area contributed by atoms with Gasteiger partial charge in [0.2, 0.25) is 0 Å². The van der Waals surface area contributed by atoms with E-state index in [0.717, 1.165) is 29.5 Å². The largest absolute Gasteiger partial charge is 0.495 e. The molecule has 1 aromatic heterocycles. The molecule has 1 aromatic carbocycles. The molecule has 2 saturated heterocycles. The van der Waals surface area contributed by atoms with Crippen LogP contribution < -0.4 is 4.74 Å². The third-order valence-electron chi connectivity index (χ3n) is 5.45. The maximum absolute atomic E-state index is 12.6. The van der Waals surface area contributed by atoms with Gasteiger partial charge in [-0.15, -0.1) is 0 Å². The summed E-state index contributed by atoms with van der Waals surface area (Å²) in [6.07, 6.45) is 6.10. The van der Waals surface area contributed by atoms with Crippen LogP contribution in [0.4, 0.5) is 0 Å². The van der Waals surface area contributed by atoms with Gasteiger partial charge >= 0.3 is 5.97 Å². The third kappa shape index (κ3) is 2.39. The highest BCUT2D eigenvalue weighted by Crippen LogP contribution is 2.36. The normalized spacial score (nSPS) is 27.3. The fourth-order valence-electron chi connectivity index (χ4n) is 4.14. The number of nitrogens with one attached hydrogen (secondary N) is 1. The van der Waals surface area contributed by atoms with Crippen molar-refractivity contribution in [1.82, 2.24) is 9.88 Å². The fraction of sp³-hybridized carbons (Fsp3) is 0.500. The zero-order valence-corrected chi connectivity index (χ0v) is 13.5. The molecule has 3 heterocycles. The van der Waals surface area contributed by atoms with E-state index in [1.165, 1.54) is 12.8 Å². The smallest absolute Gasteiger partial charge is 0.340 e. The van der Waals surface area contributed by atoms with Crippen molar-refractivity contribution < 1.29 is 14.3 Å². The molecule has 2 aliphatic rings. The van der Waals surface area contributed by atoms with Crippen LogP contribution in [-0.4, -0.2) is 48.2 Å². The molecule has 2 aliphatic heterocycles. The molecule has 1 unspecified atom stereocenters. The molecule has 1 N–H and O–H groups in total. The summed E-state index contributed by atoms with van der Waals surface area (Å²) in [6.45, 7) is 0. The lowest BCUT2D eigenvalue weighted by Crippen LogP contribution is -2.43. The van der Waals surface area contributed by atoms with E-state index in [4.69, 9.17) is 9.47 Å². The Morgan fingerprint density at radius 2 is 2.00 bits per heavy atom. The number of aromatic amines is 1. The van der Waals surface area contributed by atoms with Gasteiger partial charge in [0.05, 0.1) is 18.2 Å². The number of rotatable bonds is 3. The Kier molecular flexibility index (Phi) is 3.53. The number of nitrogens with zero attached hydrogens (tertiary/aromatic N) is 1. The minimum atomic E-state index is -0.238. The van der Waals surface area contributed by atoms with Crippen LogP contribution >= 0.6 is 0 Å². The maximum Gasteiger partial charge on any atom is 0.340 e. The van der Waals surface area contributed by atoms with Gasteiger partial charge in [0.25, 0.3) is 0 Å². The molecular formula is C18H22N2O3. The summed E-state index contributed by atoms with van der Waals surface area (Å²) in [4.78, 5) is 18.2. The molecule has 2 aromatic rings. The van der Waals surface area contributed by atoms with Crippen molar-refractivity contribution >= 4 is 16.9 Å². The Labute approximate surface area is 135 Å². The Hall–Kier alpha value is -2.01. The molecule has 2 fully saturated rings. The van der Waals surface area contributed by atoms with Gasteiger partial charge in [-0.2, -0.15) is 0 Å². The van der Waals surface area contributed by atoms with Crippen molar-refractivity contribution in [3.05, 3.63) is 30.0 Å². The van der Waals surface area contributed by atoms with E-state index in [1.54, 1.807) is 13.3 Å². The van der Waals surface area contributed by atoms with E-state index >= 15 is 0 Å². The third-order valence-corrected chi connectivity index (χ3v) is 5.45. The second kappa shape index (κ2) is 5.57. The minimum absolute atomic E-state index is 0.0340. The summed E-state index contributed by atoms with van der Waals surface area (Å²) in [5.74, 6) is 0.498. The number of benzene rings is 1. The summed E-state index contributed by atoms with van der Waals surface area (Å²) >= 11 is 0. The summed E-state index contributed by atoms with van der Waals surface area (Å²) in [7, 11) is 3.81. The molecule has 0 radical (unpaired) electrons. The van der Waals surface area contributed by atoms with Crippen molar-refractivity contribution in [2.75, 3.05) is 14.2 Å². The number of hydrogen-bond donors (Lipinski definition) is 1. The summed E-state index contributed by atoms with van der Waals surface area (Å²) < 4.78 is 11.1. The van der Waals surface area contributed by atoms with Crippen LogP contribution in [0.1, 0.15) is 36.0 Å². The second-order valence-electron chi connectivity index (χ2n) is 6.63. The minimum Gasteiger partial charge on any atom is -0.495 e. The molecule has 3 atom stereocenters. The van der Waals surface area contributed by atoms with Gasteiger partial charge in [-0.1, -0.05) is 12.1 Å². The number of aromatic nitrogens is 1. The van der Waals surface area contributed by atoms with Gasteiger partial charge in [-0.05, 0) is 26.0 Å². The lowest BCUT2D eigenvalue weighted by molar-refractivity contribution is -0.000258. The standard InChI is InChI=1S/C18H22N2O3/c1-20-11-6-7-12(20)9-13(8-11)23-18(21)15-10-19-17-14(15)4-3-5-16(17)22-2/h3-5,10-13,19H,6-9H2,1-2H3/t11-,12+,13?. The molecule has 5 heteroatoms. The van der Waals surface area contributed by atoms with Gasteiger partial charge in [-0.25, -0.2) is 4.79 Å². The van der Waals surface area contributed by atoms with Crippen LogP contribution in [0.5, 0.6) is 5.75 Å². The Balaban J connectivity index is 1.54. The molecule has 122 valence electrons. The van der Waals surface area contributed by atoms with Gasteiger partial charge in [0, 0.05) is 36.5 Å². The van der Waals surface area contributed by atoms with E-state index in [1.807, 2.05) is 18.2 Å². The van der Waals surface area contributed by atoms with E-state index < -0.39 is 0 Å². The van der Waals surface area contributed by atoms with E-state index in [2.05, 4.69) is 16.9 Å². The first-order valence-electron chi connectivity index (χ1n) is 8.24. The first kappa shape index (κ1) is 14.6. The first-order valence-corrected chi connectivity index (χ1v) is 8.24. The van der Waals surface area contributed by atoms with Gasteiger partial charge in [0.1, 0.15) is 11.9 Å². The lowest BCUT2D eigenvalue weighted by atomic mass is 10.0. The number of para-hydroxylation sites is 1. The van der Waals surface area contributed by atoms with Crippen LogP contribution in [0, 0.1) is 0 Å². The van der Waals surface area contributed by atoms with Crippen LogP contribution in [0.25, 0.3) is 10.9 Å². The average Bonchev–Trinajstić information content (AvgIpc) is 3.05. The fourth-order valence-corrected chi connectivity index (χ4v) is 4.14. The van der Waals surface area contributed by atoms with Crippen LogP contribution in [0.2, 0.25) is 0 Å². The Morgan fingerprint density at radius 1 is 1.26 bits per heavy atom. The second-order valence-corrected chi connectivity index (χ2v) is 6.63. The van der Waals surface area contributed by atoms with Crippen molar-refractivity contribution in [3.63, 3.8) is 0 Å². The molecule has 0 spiro atoms. The van der Waals surface area contributed by atoms with Crippen molar-refractivity contribution in [3.8, 4) is 5.75 Å². The Morgan fingerprint density at radius 3 is 2.70 bits per heavy atom. The number of carbonyl (C=O) groups is 1. The number of esters is 1. The molecule has 0 saturated carbocycles. The summed E-state index contributed by atoms with van der Waals surface area (Å²) in [6, 6.07) is 6.82. The van der Waals surface area contributed by atoms with Crippen LogP contribution in [0.3, 0.4) is 0 Å². The van der Waals surface area contributed by atoms with E-state index in [9.17, 15) is 4.79 Å². The van der Waals surface area contributed by atoms with E-state index in [-0.39, 0.29) is 12.1 Å². The molecule has 23 heavy (non-hydrogen) atoms. The topological polar surface area (TPSA) is 54.6 Å². The number of fused-ring (bicyclic) bond motifs is 3. The number of methoxy groups -OCH3 is 1. The number of ether oxygens (including phenoxy) is 2. The highest BCUT2D eigenvalue weighted by atomic mass is 16.5. The predicted octanol–water partition coefficient (Wildman–Crippen LogP) is 2.96. The van der Waals surface area contributed by atoms with Crippen LogP contribution in [0.15, 0.2) is 24.4 Å². The molecule has 0 aliphatic carbocycles. The highest BCUT2D eigenvalue weighted by Gasteiger charge is 2.40. The van der Waals surface area contributed by atoms with E-state index in [0.29, 0.717) is 17.6 Å². The zero-order valence-electron chi connectivity index (χ0n) is 13.5. The monoisotopic (exact) mass is 314 g/mol. The number of H-pyrrole nitrogens is 1. The number of carbonyl (C=O) groups excluding carboxylic acids is 1. The SMILES string of the molecule is COc1cccc2c(C(=O)OC3C[C@H]4CC[C@@H](C3)N4C)c[nH]c12. The van der Waals surface area contributed by atoms with Crippen molar-refractivity contribution in [2.24, 2.45) is 0 Å². The maximum atomic E-state index is 12.6. The molecule has 2 bridgehead atoms. The average molecular weight is 314 g/mol. The predicted molar refractivity (Wildman–Crippen MR) is 87.9 cm³/mol. The Bertz CT molecular complexity index is 725. The van der Waals surface area contributed by atoms with Crippen LogP contribution in [-0.2, 0) is 4.74 Å². The molecule has 0 amide bonds. The number of piperidine rings is 1. The quantitative estimate of drug-likeness (QED) is 0.885. The van der Waals surface area contributed by atoms with Gasteiger partial charge in [0.15, 0.2) is 0 Å². The van der Waals surface area contributed by atoms with Crippen molar-refractivity contribution in [2.45, 2.75) is 43.9 Å². The highest BCUT2D eigenvalue weighted by molar-refractivity contribution is 6.05. The van der Waals surface area contributed by atoms with Crippen molar-refractivity contribution in [1.29, 1.82) is 0 Å².